The van der Waals surface area contributed by atoms with Crippen LogP contribution in [-0.2, 0) is 0 Å². The van der Waals surface area contributed by atoms with Gasteiger partial charge in [-0.2, -0.15) is 5.10 Å². The normalized spacial score (nSPS) is 18.0. The number of H-pyrrole nitrogens is 1. The van der Waals surface area contributed by atoms with E-state index < -0.39 is 6.10 Å². The van der Waals surface area contributed by atoms with Crippen molar-refractivity contribution in [3.8, 4) is 5.75 Å². The highest BCUT2D eigenvalue weighted by Crippen LogP contribution is 2.25. The van der Waals surface area contributed by atoms with Gasteiger partial charge in [0.15, 0.2) is 0 Å². The lowest BCUT2D eigenvalue weighted by Crippen LogP contribution is -2.40. The van der Waals surface area contributed by atoms with E-state index in [2.05, 4.69) is 20.1 Å². The van der Waals surface area contributed by atoms with Crippen LogP contribution in [0, 0.1) is 0 Å². The van der Waals surface area contributed by atoms with Crippen LogP contribution in [0.4, 0.5) is 0 Å². The van der Waals surface area contributed by atoms with Gasteiger partial charge in [-0.1, -0.05) is 23.7 Å². The highest BCUT2D eigenvalue weighted by molar-refractivity contribution is 6.32. The molecule has 0 radical (unpaired) electrons. The molecule has 1 aliphatic heterocycles. The molecule has 1 aromatic carbocycles. The summed E-state index contributed by atoms with van der Waals surface area (Å²) in [6.07, 6.45) is 3.06. The molecule has 23 heavy (non-hydrogen) atoms. The maximum absolute atomic E-state index is 10.2. The van der Waals surface area contributed by atoms with E-state index in [-0.39, 0.29) is 6.61 Å². The standard InChI is InChI=1S/C16H21ClN4O2/c17-14-3-1-2-4-15(14)23-10-13(22)9-21-7-5-12(6-8-21)16-18-11-19-20-16/h1-4,11-13,22H,5-10H2,(H,18,19,20). The van der Waals surface area contributed by atoms with Crippen molar-refractivity contribution in [1.29, 1.82) is 0 Å². The molecular weight excluding hydrogens is 316 g/mol. The number of benzene rings is 1. The molecule has 0 amide bonds. The topological polar surface area (TPSA) is 74.3 Å². The van der Waals surface area contributed by atoms with Crippen LogP contribution in [0.2, 0.25) is 5.02 Å². The first-order valence-electron chi connectivity index (χ1n) is 7.85. The first-order chi connectivity index (χ1) is 11.2. The molecule has 124 valence electrons. The van der Waals surface area contributed by atoms with E-state index in [1.807, 2.05) is 12.1 Å². The predicted molar refractivity (Wildman–Crippen MR) is 87.8 cm³/mol. The maximum atomic E-state index is 10.2. The quantitative estimate of drug-likeness (QED) is 0.844. The summed E-state index contributed by atoms with van der Waals surface area (Å²) in [6.45, 7) is 2.72. The van der Waals surface area contributed by atoms with E-state index in [1.54, 1.807) is 18.5 Å². The molecule has 1 fully saturated rings. The van der Waals surface area contributed by atoms with Crippen molar-refractivity contribution in [2.24, 2.45) is 0 Å². The molecule has 0 spiro atoms. The number of aliphatic hydroxyl groups excluding tert-OH is 1. The van der Waals surface area contributed by atoms with Crippen molar-refractivity contribution in [1.82, 2.24) is 20.1 Å². The molecule has 1 unspecified atom stereocenters. The first kappa shape index (κ1) is 16.2. The molecule has 1 saturated heterocycles. The minimum atomic E-state index is -0.534. The highest BCUT2D eigenvalue weighted by Gasteiger charge is 2.23. The Hall–Kier alpha value is -1.63. The van der Waals surface area contributed by atoms with Crippen molar-refractivity contribution < 1.29 is 9.84 Å². The number of hydrogen-bond donors (Lipinski definition) is 2. The van der Waals surface area contributed by atoms with Crippen molar-refractivity contribution in [3.05, 3.63) is 41.4 Å². The second-order valence-electron chi connectivity index (χ2n) is 5.84. The second kappa shape index (κ2) is 7.77. The fourth-order valence-corrected chi connectivity index (χ4v) is 3.09. The van der Waals surface area contributed by atoms with Gasteiger partial charge in [0.2, 0.25) is 0 Å². The fraction of sp³-hybridized carbons (Fsp3) is 0.500. The van der Waals surface area contributed by atoms with Crippen molar-refractivity contribution >= 4 is 11.6 Å². The number of halogens is 1. The number of aromatic nitrogens is 3. The number of hydrogen-bond acceptors (Lipinski definition) is 5. The molecule has 2 heterocycles. The summed E-state index contributed by atoms with van der Waals surface area (Å²) in [7, 11) is 0. The summed E-state index contributed by atoms with van der Waals surface area (Å²) in [5, 5.41) is 17.6. The maximum Gasteiger partial charge on any atom is 0.138 e. The zero-order valence-electron chi connectivity index (χ0n) is 12.9. The zero-order chi connectivity index (χ0) is 16.1. The Bertz CT molecular complexity index is 600. The van der Waals surface area contributed by atoms with Gasteiger partial charge in [0.05, 0.1) is 5.02 Å². The third-order valence-electron chi connectivity index (χ3n) is 4.14. The van der Waals surface area contributed by atoms with Crippen LogP contribution in [0.1, 0.15) is 24.6 Å². The van der Waals surface area contributed by atoms with Crippen LogP contribution in [0.25, 0.3) is 0 Å². The van der Waals surface area contributed by atoms with Gasteiger partial charge in [-0.25, -0.2) is 4.98 Å². The smallest absolute Gasteiger partial charge is 0.138 e. The van der Waals surface area contributed by atoms with Crippen LogP contribution in [0.15, 0.2) is 30.6 Å². The predicted octanol–water partition coefficient (Wildman–Crippen LogP) is 2.08. The number of piperidine rings is 1. The van der Waals surface area contributed by atoms with E-state index in [9.17, 15) is 5.11 Å². The van der Waals surface area contributed by atoms with Gasteiger partial charge in [0.1, 0.15) is 30.6 Å². The molecular formula is C16H21ClN4O2. The van der Waals surface area contributed by atoms with E-state index in [4.69, 9.17) is 16.3 Å². The summed E-state index contributed by atoms with van der Waals surface area (Å²) in [5.74, 6) is 2.01. The Morgan fingerprint density at radius 3 is 2.83 bits per heavy atom. The Morgan fingerprint density at radius 1 is 1.35 bits per heavy atom. The summed E-state index contributed by atoms with van der Waals surface area (Å²) in [4.78, 5) is 6.49. The van der Waals surface area contributed by atoms with Gasteiger partial charge in [0.25, 0.3) is 0 Å². The monoisotopic (exact) mass is 336 g/mol. The Labute approximate surface area is 140 Å². The number of nitrogens with zero attached hydrogens (tertiary/aromatic N) is 3. The molecule has 1 aromatic heterocycles. The van der Waals surface area contributed by atoms with Crippen molar-refractivity contribution in [2.45, 2.75) is 24.9 Å². The van der Waals surface area contributed by atoms with Crippen molar-refractivity contribution in [3.63, 3.8) is 0 Å². The number of rotatable bonds is 6. The second-order valence-corrected chi connectivity index (χ2v) is 6.25. The Balaban J connectivity index is 1.41. The molecule has 1 atom stereocenters. The minimum Gasteiger partial charge on any atom is -0.489 e. The lowest BCUT2D eigenvalue weighted by atomic mass is 9.96. The first-order valence-corrected chi connectivity index (χ1v) is 8.23. The van der Waals surface area contributed by atoms with Gasteiger partial charge >= 0.3 is 0 Å². The molecule has 2 aromatic rings. The minimum absolute atomic E-state index is 0.242. The van der Waals surface area contributed by atoms with Crippen LogP contribution < -0.4 is 4.74 Å². The summed E-state index contributed by atoms with van der Waals surface area (Å²) in [6, 6.07) is 7.29. The molecule has 6 nitrogen and oxygen atoms in total. The molecule has 0 aliphatic carbocycles. The number of aliphatic hydroxyl groups is 1. The van der Waals surface area contributed by atoms with Crippen LogP contribution >= 0.6 is 11.6 Å². The summed E-state index contributed by atoms with van der Waals surface area (Å²) < 4.78 is 5.59. The molecule has 7 heteroatoms. The lowest BCUT2D eigenvalue weighted by molar-refractivity contribution is 0.0591. The Kier molecular flexibility index (Phi) is 5.48. The van der Waals surface area contributed by atoms with Crippen molar-refractivity contribution in [2.75, 3.05) is 26.2 Å². The van der Waals surface area contributed by atoms with E-state index >= 15 is 0 Å². The molecule has 2 N–H and O–H groups in total. The number of ether oxygens (including phenoxy) is 1. The SMILES string of the molecule is OC(COc1ccccc1Cl)CN1CCC(c2ncn[nH]2)CC1. The third-order valence-corrected chi connectivity index (χ3v) is 4.46. The van der Waals surface area contributed by atoms with Gasteiger partial charge in [-0.05, 0) is 38.1 Å². The summed E-state index contributed by atoms with van der Waals surface area (Å²) >= 11 is 6.03. The van der Waals surface area contributed by atoms with Gasteiger partial charge in [-0.15, -0.1) is 0 Å². The fourth-order valence-electron chi connectivity index (χ4n) is 2.90. The number of β-amino-alcohol motifs (C(OH)–C–C–N with tert-alkyl or cyclic N) is 1. The molecule has 0 saturated carbocycles. The number of para-hydroxylation sites is 1. The highest BCUT2D eigenvalue weighted by atomic mass is 35.5. The van der Waals surface area contributed by atoms with E-state index in [0.29, 0.717) is 23.2 Å². The zero-order valence-corrected chi connectivity index (χ0v) is 13.6. The Morgan fingerprint density at radius 2 is 2.13 bits per heavy atom. The van der Waals surface area contributed by atoms with Gasteiger partial charge in [-0.3, -0.25) is 5.10 Å². The summed E-state index contributed by atoms with van der Waals surface area (Å²) in [5.41, 5.74) is 0. The average Bonchev–Trinajstić information content (AvgIpc) is 3.09. The van der Waals surface area contributed by atoms with Gasteiger partial charge < -0.3 is 14.7 Å². The number of aromatic amines is 1. The number of nitrogens with one attached hydrogen (secondary N) is 1. The van der Waals surface area contributed by atoms with Crippen LogP contribution in [0.5, 0.6) is 5.75 Å². The lowest BCUT2D eigenvalue weighted by Gasteiger charge is -2.32. The van der Waals surface area contributed by atoms with Gasteiger partial charge in [0, 0.05) is 12.5 Å². The van der Waals surface area contributed by atoms with Crippen LogP contribution in [-0.4, -0.2) is 57.5 Å². The van der Waals surface area contributed by atoms with Crippen LogP contribution in [0.3, 0.4) is 0 Å². The molecule has 0 bridgehead atoms. The third kappa shape index (κ3) is 4.43. The molecule has 3 rings (SSSR count). The number of likely N-dealkylation sites (tertiary alicyclic amines) is 1. The largest absolute Gasteiger partial charge is 0.489 e. The molecule has 1 aliphatic rings. The van der Waals surface area contributed by atoms with E-state index in [1.165, 1.54) is 0 Å². The average molecular weight is 337 g/mol. The van der Waals surface area contributed by atoms with E-state index in [0.717, 1.165) is 31.8 Å².